The van der Waals surface area contributed by atoms with Crippen molar-refractivity contribution < 1.29 is 49.0 Å². The van der Waals surface area contributed by atoms with Gasteiger partial charge in [-0.1, -0.05) is 11.6 Å². The van der Waals surface area contributed by atoms with Crippen molar-refractivity contribution in [2.75, 3.05) is 7.11 Å². The van der Waals surface area contributed by atoms with Crippen LogP contribution in [0.5, 0.6) is 5.75 Å². The zero-order valence-electron chi connectivity index (χ0n) is 11.3. The molecule has 0 spiro atoms. The van der Waals surface area contributed by atoms with Gasteiger partial charge in [-0.2, -0.15) is 39.5 Å². The second-order valence-electron chi connectivity index (χ2n) is 4.40. The van der Waals surface area contributed by atoms with Gasteiger partial charge in [0.1, 0.15) is 5.75 Å². The summed E-state index contributed by atoms with van der Waals surface area (Å²) >= 11 is 5.50. The van der Waals surface area contributed by atoms with Crippen molar-refractivity contribution in [3.05, 3.63) is 28.8 Å². The molecule has 0 heterocycles. The second-order valence-corrected chi connectivity index (χ2v) is 4.81. The number of ether oxygens (including phenoxy) is 1. The van der Waals surface area contributed by atoms with Gasteiger partial charge in [-0.25, -0.2) is 0 Å². The molecular formula is C12H6ClF9O2. The lowest BCUT2D eigenvalue weighted by molar-refractivity contribution is -0.386. The number of Topliss-reactive ketones (excluding diaryl/α,β-unsaturated/α-hetero) is 1. The van der Waals surface area contributed by atoms with E-state index in [2.05, 4.69) is 4.74 Å². The second kappa shape index (κ2) is 6.01. The number of hydrogen-bond acceptors (Lipinski definition) is 2. The average Bonchev–Trinajstić information content (AvgIpc) is 2.45. The van der Waals surface area contributed by atoms with Gasteiger partial charge in [0.25, 0.3) is 0 Å². The van der Waals surface area contributed by atoms with Gasteiger partial charge in [0, 0.05) is 5.56 Å². The van der Waals surface area contributed by atoms with Crippen LogP contribution < -0.4 is 4.74 Å². The molecule has 0 amide bonds. The highest BCUT2D eigenvalue weighted by molar-refractivity contribution is 6.32. The fourth-order valence-electron chi connectivity index (χ4n) is 1.50. The Labute approximate surface area is 133 Å². The van der Waals surface area contributed by atoms with Crippen molar-refractivity contribution >= 4 is 17.4 Å². The number of ketones is 1. The SMILES string of the molecule is COc1cc(C(=O)C(F)(F)C(F)(F)C(F)(F)C(F)(F)F)ccc1Cl. The van der Waals surface area contributed by atoms with Gasteiger partial charge in [-0.15, -0.1) is 0 Å². The maximum atomic E-state index is 13.5. The third kappa shape index (κ3) is 3.01. The van der Waals surface area contributed by atoms with E-state index in [1.165, 1.54) is 0 Å². The largest absolute Gasteiger partial charge is 0.495 e. The number of carbonyl (C=O) groups is 1. The van der Waals surface area contributed by atoms with Crippen LogP contribution in [0.4, 0.5) is 39.5 Å². The van der Waals surface area contributed by atoms with Crippen LogP contribution >= 0.6 is 11.6 Å². The molecule has 0 aliphatic rings. The van der Waals surface area contributed by atoms with Crippen LogP contribution in [0.25, 0.3) is 0 Å². The average molecular weight is 389 g/mol. The number of methoxy groups -OCH3 is 1. The summed E-state index contributed by atoms with van der Waals surface area (Å²) in [6.45, 7) is 0. The molecule has 0 aliphatic heterocycles. The molecule has 0 saturated carbocycles. The molecule has 0 unspecified atom stereocenters. The number of rotatable bonds is 5. The predicted octanol–water partition coefficient (Wildman–Crippen LogP) is 5.00. The Morgan fingerprint density at radius 1 is 0.958 bits per heavy atom. The summed E-state index contributed by atoms with van der Waals surface area (Å²) in [7, 11) is 0.958. The molecule has 0 atom stereocenters. The number of carbonyl (C=O) groups excluding carboxylic acids is 1. The van der Waals surface area contributed by atoms with Crippen molar-refractivity contribution in [3.63, 3.8) is 0 Å². The first-order valence-electron chi connectivity index (χ1n) is 5.69. The number of alkyl halides is 9. The van der Waals surface area contributed by atoms with Crippen LogP contribution in [-0.2, 0) is 0 Å². The van der Waals surface area contributed by atoms with Crippen molar-refractivity contribution in [1.29, 1.82) is 0 Å². The summed E-state index contributed by atoms with van der Waals surface area (Å²) in [6.07, 6.45) is -7.00. The fourth-order valence-corrected chi connectivity index (χ4v) is 1.69. The van der Waals surface area contributed by atoms with Crippen LogP contribution in [0.1, 0.15) is 10.4 Å². The fraction of sp³-hybridized carbons (Fsp3) is 0.417. The standard InChI is InChI=1S/C12H6ClF9O2/c1-24-7-4-5(2-3-6(7)13)8(23)9(14,15)10(16,17)11(18,19)12(20,21)22/h2-4H,1H3. The third-order valence-corrected chi connectivity index (χ3v) is 3.16. The van der Waals surface area contributed by atoms with E-state index >= 15 is 0 Å². The van der Waals surface area contributed by atoms with E-state index < -0.39 is 41.0 Å². The van der Waals surface area contributed by atoms with E-state index in [4.69, 9.17) is 11.6 Å². The van der Waals surface area contributed by atoms with E-state index in [9.17, 15) is 44.3 Å². The first-order valence-corrected chi connectivity index (χ1v) is 6.07. The molecule has 0 saturated heterocycles. The number of halogens is 10. The van der Waals surface area contributed by atoms with Crippen LogP contribution in [0.3, 0.4) is 0 Å². The molecule has 0 aliphatic carbocycles. The Morgan fingerprint density at radius 3 is 1.88 bits per heavy atom. The Kier molecular flexibility index (Phi) is 5.11. The zero-order chi connectivity index (χ0) is 19.1. The topological polar surface area (TPSA) is 26.3 Å². The normalized spacial score (nSPS) is 13.8. The highest BCUT2D eigenvalue weighted by Gasteiger charge is 2.83. The molecule has 0 fully saturated rings. The minimum Gasteiger partial charge on any atom is -0.495 e. The van der Waals surface area contributed by atoms with Crippen LogP contribution in [-0.4, -0.2) is 36.8 Å². The molecule has 1 aromatic rings. The van der Waals surface area contributed by atoms with Gasteiger partial charge >= 0.3 is 23.9 Å². The Morgan fingerprint density at radius 2 is 1.46 bits per heavy atom. The van der Waals surface area contributed by atoms with Crippen molar-refractivity contribution in [2.24, 2.45) is 0 Å². The van der Waals surface area contributed by atoms with E-state index in [-0.39, 0.29) is 5.02 Å². The van der Waals surface area contributed by atoms with Crippen molar-refractivity contribution in [3.8, 4) is 5.75 Å². The Hall–Kier alpha value is -1.65. The van der Waals surface area contributed by atoms with Crippen LogP contribution in [0.2, 0.25) is 5.02 Å². The number of benzene rings is 1. The summed E-state index contributed by atoms with van der Waals surface area (Å²) in [5, 5.41) is -0.246. The van der Waals surface area contributed by atoms with E-state index in [1.54, 1.807) is 0 Å². The summed E-state index contributed by atoms with van der Waals surface area (Å²) < 4.78 is 119. The van der Waals surface area contributed by atoms with Crippen molar-refractivity contribution in [1.82, 2.24) is 0 Å². The lowest BCUT2D eigenvalue weighted by Gasteiger charge is -2.32. The molecule has 136 valence electrons. The molecule has 1 rings (SSSR count). The first-order chi connectivity index (χ1) is 10.6. The van der Waals surface area contributed by atoms with Crippen molar-refractivity contribution in [2.45, 2.75) is 23.9 Å². The van der Waals surface area contributed by atoms with E-state index in [1.807, 2.05) is 0 Å². The monoisotopic (exact) mass is 388 g/mol. The van der Waals surface area contributed by atoms with Gasteiger partial charge in [-0.3, -0.25) is 4.79 Å². The quantitative estimate of drug-likeness (QED) is 0.524. The highest BCUT2D eigenvalue weighted by Crippen LogP contribution is 2.53. The molecule has 2 nitrogen and oxygen atoms in total. The van der Waals surface area contributed by atoms with E-state index in [0.717, 1.165) is 13.2 Å². The first kappa shape index (κ1) is 20.4. The zero-order valence-corrected chi connectivity index (χ0v) is 12.1. The summed E-state index contributed by atoms with van der Waals surface area (Å²) in [5.74, 6) is -23.9. The summed E-state index contributed by atoms with van der Waals surface area (Å²) in [4.78, 5) is 11.4. The molecule has 24 heavy (non-hydrogen) atoms. The maximum absolute atomic E-state index is 13.5. The third-order valence-electron chi connectivity index (χ3n) is 2.84. The molecule has 0 aromatic heterocycles. The lowest BCUT2D eigenvalue weighted by Crippen LogP contribution is -2.63. The molecule has 0 N–H and O–H groups in total. The number of hydrogen-bond donors (Lipinski definition) is 0. The summed E-state index contributed by atoms with van der Waals surface area (Å²) in [5.41, 5.74) is -1.29. The molecule has 0 bridgehead atoms. The minimum absolute atomic E-state index is 0.246. The van der Waals surface area contributed by atoms with Gasteiger partial charge in [0.15, 0.2) is 0 Å². The molecule has 1 aromatic carbocycles. The van der Waals surface area contributed by atoms with Crippen LogP contribution in [0.15, 0.2) is 18.2 Å². The van der Waals surface area contributed by atoms with Crippen LogP contribution in [0, 0.1) is 0 Å². The molecular weight excluding hydrogens is 383 g/mol. The Balaban J connectivity index is 3.40. The van der Waals surface area contributed by atoms with Gasteiger partial charge < -0.3 is 4.74 Å². The summed E-state index contributed by atoms with van der Waals surface area (Å²) in [6, 6.07) is 1.59. The van der Waals surface area contributed by atoms with Gasteiger partial charge in [0.2, 0.25) is 5.78 Å². The maximum Gasteiger partial charge on any atom is 0.460 e. The Bertz CT molecular complexity index is 640. The molecule has 0 radical (unpaired) electrons. The van der Waals surface area contributed by atoms with Gasteiger partial charge in [-0.05, 0) is 18.2 Å². The van der Waals surface area contributed by atoms with E-state index in [0.29, 0.717) is 12.1 Å². The highest BCUT2D eigenvalue weighted by atomic mass is 35.5. The molecule has 12 heteroatoms. The minimum atomic E-state index is -7.14. The van der Waals surface area contributed by atoms with Gasteiger partial charge in [0.05, 0.1) is 12.1 Å². The smallest absolute Gasteiger partial charge is 0.460 e. The lowest BCUT2D eigenvalue weighted by atomic mass is 9.95. The predicted molar refractivity (Wildman–Crippen MR) is 63.2 cm³/mol.